The Hall–Kier alpha value is -2.81. The molecule has 3 heteroatoms. The first-order valence-electron chi connectivity index (χ1n) is 7.78. The van der Waals surface area contributed by atoms with E-state index in [1.54, 1.807) is 0 Å². The molecule has 0 unspecified atom stereocenters. The second-order valence-electron chi connectivity index (χ2n) is 5.69. The molecule has 3 aromatic rings. The molecule has 0 fully saturated rings. The average molecular weight is 303 g/mol. The summed E-state index contributed by atoms with van der Waals surface area (Å²) < 4.78 is 0. The summed E-state index contributed by atoms with van der Waals surface area (Å²) in [5.74, 6) is 0.845. The fourth-order valence-electron chi connectivity index (χ4n) is 2.62. The van der Waals surface area contributed by atoms with Crippen LogP contribution in [-0.2, 0) is 13.1 Å². The molecule has 3 nitrogen and oxygen atoms in total. The number of anilines is 2. The monoisotopic (exact) mass is 303 g/mol. The molecule has 0 amide bonds. The van der Waals surface area contributed by atoms with Gasteiger partial charge in [0.2, 0.25) is 0 Å². The van der Waals surface area contributed by atoms with Gasteiger partial charge in [-0.15, -0.1) is 0 Å². The second kappa shape index (κ2) is 6.97. The van der Waals surface area contributed by atoms with Crippen LogP contribution in [0.1, 0.15) is 16.8 Å². The van der Waals surface area contributed by atoms with Crippen LogP contribution in [0.25, 0.3) is 0 Å². The van der Waals surface area contributed by atoms with E-state index >= 15 is 0 Å². The number of benzene rings is 2. The van der Waals surface area contributed by atoms with Crippen LogP contribution < -0.4 is 10.6 Å². The highest BCUT2D eigenvalue weighted by molar-refractivity contribution is 5.63. The summed E-state index contributed by atoms with van der Waals surface area (Å²) in [4.78, 5) is 6.90. The molecule has 0 radical (unpaired) electrons. The first kappa shape index (κ1) is 15.1. The van der Waals surface area contributed by atoms with E-state index in [-0.39, 0.29) is 0 Å². The largest absolute Gasteiger partial charge is 0.396 e. The number of rotatable bonds is 5. The Labute approximate surface area is 137 Å². The minimum Gasteiger partial charge on any atom is -0.396 e. The predicted molar refractivity (Wildman–Crippen MR) is 96.2 cm³/mol. The third-order valence-corrected chi connectivity index (χ3v) is 3.78. The maximum Gasteiger partial charge on any atom is 0.152 e. The van der Waals surface area contributed by atoms with E-state index in [1.807, 2.05) is 31.2 Å². The van der Waals surface area contributed by atoms with Crippen molar-refractivity contribution in [3.8, 4) is 0 Å². The van der Waals surface area contributed by atoms with E-state index in [4.69, 9.17) is 5.73 Å². The van der Waals surface area contributed by atoms with Crippen molar-refractivity contribution in [3.05, 3.63) is 89.6 Å². The molecule has 0 aliphatic rings. The maximum atomic E-state index is 6.19. The summed E-state index contributed by atoms with van der Waals surface area (Å²) in [7, 11) is 0. The number of aryl methyl sites for hydroxylation is 1. The lowest BCUT2D eigenvalue weighted by Gasteiger charge is -2.25. The number of nitrogen functional groups attached to an aromatic ring is 1. The maximum absolute atomic E-state index is 6.19. The molecule has 0 spiro atoms. The highest BCUT2D eigenvalue weighted by Gasteiger charge is 2.13. The van der Waals surface area contributed by atoms with Crippen LogP contribution in [-0.4, -0.2) is 4.98 Å². The lowest BCUT2D eigenvalue weighted by Crippen LogP contribution is -2.24. The van der Waals surface area contributed by atoms with Crippen molar-refractivity contribution in [3.63, 3.8) is 0 Å². The van der Waals surface area contributed by atoms with Gasteiger partial charge in [0.05, 0.1) is 5.69 Å². The molecule has 116 valence electrons. The zero-order chi connectivity index (χ0) is 16.1. The Morgan fingerprint density at radius 2 is 1.30 bits per heavy atom. The van der Waals surface area contributed by atoms with E-state index in [1.165, 1.54) is 11.1 Å². The van der Waals surface area contributed by atoms with Crippen LogP contribution in [0, 0.1) is 6.92 Å². The number of hydrogen-bond acceptors (Lipinski definition) is 3. The molecule has 0 saturated carbocycles. The lowest BCUT2D eigenvalue weighted by molar-refractivity contribution is 0.782. The van der Waals surface area contributed by atoms with Crippen molar-refractivity contribution in [2.75, 3.05) is 10.6 Å². The van der Waals surface area contributed by atoms with Crippen molar-refractivity contribution in [1.82, 2.24) is 4.98 Å². The normalized spacial score (nSPS) is 10.5. The van der Waals surface area contributed by atoms with Crippen molar-refractivity contribution in [2.24, 2.45) is 0 Å². The second-order valence-corrected chi connectivity index (χ2v) is 5.69. The molecule has 0 atom stereocenters. The Balaban J connectivity index is 1.94. The van der Waals surface area contributed by atoms with Gasteiger partial charge >= 0.3 is 0 Å². The van der Waals surface area contributed by atoms with E-state index in [0.29, 0.717) is 5.69 Å². The summed E-state index contributed by atoms with van der Waals surface area (Å²) in [6, 6.07) is 24.7. The Morgan fingerprint density at radius 3 is 1.83 bits per heavy atom. The molecule has 0 aliphatic carbocycles. The molecule has 23 heavy (non-hydrogen) atoms. The molecule has 0 saturated heterocycles. The van der Waals surface area contributed by atoms with E-state index in [9.17, 15) is 0 Å². The van der Waals surface area contributed by atoms with Gasteiger partial charge in [-0.3, -0.25) is 0 Å². The molecule has 0 aliphatic heterocycles. The Kier molecular flexibility index (Phi) is 4.57. The molecule has 2 aromatic carbocycles. The molecule has 2 N–H and O–H groups in total. The topological polar surface area (TPSA) is 42.1 Å². The smallest absolute Gasteiger partial charge is 0.152 e. The van der Waals surface area contributed by atoms with Gasteiger partial charge in [0.1, 0.15) is 0 Å². The zero-order valence-corrected chi connectivity index (χ0v) is 13.3. The quantitative estimate of drug-likeness (QED) is 0.769. The van der Waals surface area contributed by atoms with Crippen LogP contribution in [0.2, 0.25) is 0 Å². The summed E-state index contributed by atoms with van der Waals surface area (Å²) in [5.41, 5.74) is 10.4. The van der Waals surface area contributed by atoms with Crippen LogP contribution in [0.15, 0.2) is 72.8 Å². The predicted octanol–water partition coefficient (Wildman–Crippen LogP) is 4.18. The van der Waals surface area contributed by atoms with Crippen LogP contribution in [0.4, 0.5) is 11.5 Å². The van der Waals surface area contributed by atoms with Crippen molar-refractivity contribution in [1.29, 1.82) is 0 Å². The summed E-state index contributed by atoms with van der Waals surface area (Å²) in [6.07, 6.45) is 0. The van der Waals surface area contributed by atoms with Gasteiger partial charge in [0, 0.05) is 18.8 Å². The highest BCUT2D eigenvalue weighted by Crippen LogP contribution is 2.24. The number of hydrogen-bond donors (Lipinski definition) is 1. The molecule has 0 bridgehead atoms. The fourth-order valence-corrected chi connectivity index (χ4v) is 2.62. The fraction of sp³-hybridized carbons (Fsp3) is 0.150. The first-order chi connectivity index (χ1) is 11.2. The van der Waals surface area contributed by atoms with Gasteiger partial charge in [-0.25, -0.2) is 4.98 Å². The third kappa shape index (κ3) is 3.89. The number of nitrogens with zero attached hydrogens (tertiary/aromatic N) is 2. The minimum atomic E-state index is 0.711. The Bertz CT molecular complexity index is 713. The number of pyridine rings is 1. The Morgan fingerprint density at radius 1 is 0.783 bits per heavy atom. The van der Waals surface area contributed by atoms with Crippen LogP contribution in [0.5, 0.6) is 0 Å². The third-order valence-electron chi connectivity index (χ3n) is 3.78. The highest BCUT2D eigenvalue weighted by atomic mass is 15.2. The van der Waals surface area contributed by atoms with E-state index in [0.717, 1.165) is 24.6 Å². The van der Waals surface area contributed by atoms with E-state index in [2.05, 4.69) is 58.4 Å². The van der Waals surface area contributed by atoms with Gasteiger partial charge in [-0.05, 0) is 30.2 Å². The minimum absolute atomic E-state index is 0.711. The summed E-state index contributed by atoms with van der Waals surface area (Å²) in [5, 5.41) is 0. The van der Waals surface area contributed by atoms with Crippen molar-refractivity contribution >= 4 is 11.5 Å². The van der Waals surface area contributed by atoms with Gasteiger partial charge in [-0.1, -0.05) is 60.7 Å². The molecule has 3 rings (SSSR count). The standard InChI is InChI=1S/C20H21N3/c1-16-12-13-19(21)20(22-16)23(14-17-8-4-2-5-9-17)15-18-10-6-3-7-11-18/h2-13H,14-15,21H2,1H3. The van der Waals surface area contributed by atoms with Gasteiger partial charge in [0.15, 0.2) is 5.82 Å². The van der Waals surface area contributed by atoms with E-state index < -0.39 is 0 Å². The average Bonchev–Trinajstić information content (AvgIpc) is 2.58. The molecule has 1 aromatic heterocycles. The zero-order valence-electron chi connectivity index (χ0n) is 13.3. The number of aromatic nitrogens is 1. The van der Waals surface area contributed by atoms with Gasteiger partial charge in [0.25, 0.3) is 0 Å². The van der Waals surface area contributed by atoms with Crippen molar-refractivity contribution < 1.29 is 0 Å². The van der Waals surface area contributed by atoms with Gasteiger partial charge in [-0.2, -0.15) is 0 Å². The molecule has 1 heterocycles. The summed E-state index contributed by atoms with van der Waals surface area (Å²) >= 11 is 0. The van der Waals surface area contributed by atoms with Crippen molar-refractivity contribution in [2.45, 2.75) is 20.0 Å². The SMILES string of the molecule is Cc1ccc(N)c(N(Cc2ccccc2)Cc2ccccc2)n1. The molecular weight excluding hydrogens is 282 g/mol. The first-order valence-corrected chi connectivity index (χ1v) is 7.78. The lowest BCUT2D eigenvalue weighted by atomic mass is 10.1. The number of nitrogens with two attached hydrogens (primary N) is 1. The molecular formula is C20H21N3. The summed E-state index contributed by atoms with van der Waals surface area (Å²) in [6.45, 7) is 3.54. The van der Waals surface area contributed by atoms with Gasteiger partial charge < -0.3 is 10.6 Å². The van der Waals surface area contributed by atoms with Crippen LogP contribution in [0.3, 0.4) is 0 Å². The van der Waals surface area contributed by atoms with Crippen LogP contribution >= 0.6 is 0 Å².